The number of aromatic nitrogens is 2. The maximum atomic E-state index is 5.56. The second-order valence-corrected chi connectivity index (χ2v) is 5.57. The van der Waals surface area contributed by atoms with Crippen LogP contribution in [0.2, 0.25) is 0 Å². The molecule has 1 N–H and O–H groups in total. The molecule has 0 amide bonds. The SMILES string of the molecule is C[C@H](N[C@@H]1CCO[C@@H]1C)c1nc(Cc2ccccc2)no1. The average Bonchev–Trinajstić information content (AvgIpc) is 3.10. The fraction of sp³-hybridized carbons (Fsp3) is 0.500. The number of hydrogen-bond acceptors (Lipinski definition) is 5. The average molecular weight is 287 g/mol. The van der Waals surface area contributed by atoms with Crippen LogP contribution in [0.25, 0.3) is 0 Å². The van der Waals surface area contributed by atoms with E-state index in [1.807, 2.05) is 25.1 Å². The second kappa shape index (κ2) is 6.37. The molecular formula is C16H21N3O2. The van der Waals surface area contributed by atoms with Crippen LogP contribution < -0.4 is 5.32 Å². The van der Waals surface area contributed by atoms with Crippen molar-refractivity contribution >= 4 is 0 Å². The van der Waals surface area contributed by atoms with Crippen LogP contribution in [-0.2, 0) is 11.2 Å². The predicted molar refractivity (Wildman–Crippen MR) is 78.9 cm³/mol. The number of ether oxygens (including phenoxy) is 1. The molecule has 0 saturated carbocycles. The first-order valence-electron chi connectivity index (χ1n) is 7.46. The Balaban J connectivity index is 1.61. The van der Waals surface area contributed by atoms with Gasteiger partial charge in [0.15, 0.2) is 5.82 Å². The van der Waals surface area contributed by atoms with Gasteiger partial charge >= 0.3 is 0 Å². The first-order chi connectivity index (χ1) is 10.2. The van der Waals surface area contributed by atoms with Gasteiger partial charge in [0.2, 0.25) is 5.89 Å². The lowest BCUT2D eigenvalue weighted by Crippen LogP contribution is -2.36. The van der Waals surface area contributed by atoms with E-state index in [0.717, 1.165) is 18.9 Å². The zero-order valence-electron chi connectivity index (χ0n) is 12.5. The van der Waals surface area contributed by atoms with E-state index >= 15 is 0 Å². The van der Waals surface area contributed by atoms with Crippen molar-refractivity contribution in [2.24, 2.45) is 0 Å². The van der Waals surface area contributed by atoms with Gasteiger partial charge < -0.3 is 14.6 Å². The summed E-state index contributed by atoms with van der Waals surface area (Å²) >= 11 is 0. The number of benzene rings is 1. The van der Waals surface area contributed by atoms with Crippen molar-refractivity contribution in [2.75, 3.05) is 6.61 Å². The van der Waals surface area contributed by atoms with E-state index in [1.54, 1.807) is 0 Å². The van der Waals surface area contributed by atoms with Crippen molar-refractivity contribution < 1.29 is 9.26 Å². The molecule has 0 bridgehead atoms. The maximum Gasteiger partial charge on any atom is 0.243 e. The molecule has 2 aromatic rings. The molecule has 3 rings (SSSR count). The van der Waals surface area contributed by atoms with Crippen molar-refractivity contribution in [3.63, 3.8) is 0 Å². The summed E-state index contributed by atoms with van der Waals surface area (Å²) in [5.74, 6) is 1.36. The third kappa shape index (κ3) is 3.49. The van der Waals surface area contributed by atoms with Gasteiger partial charge in [0, 0.05) is 19.1 Å². The first kappa shape index (κ1) is 14.2. The predicted octanol–water partition coefficient (Wildman–Crippen LogP) is 2.49. The molecule has 0 unspecified atom stereocenters. The highest BCUT2D eigenvalue weighted by Crippen LogP contribution is 2.18. The third-order valence-corrected chi connectivity index (χ3v) is 3.90. The molecule has 1 saturated heterocycles. The lowest BCUT2D eigenvalue weighted by atomic mass is 10.1. The van der Waals surface area contributed by atoms with E-state index in [1.165, 1.54) is 5.56 Å². The fourth-order valence-corrected chi connectivity index (χ4v) is 2.64. The molecule has 2 heterocycles. The van der Waals surface area contributed by atoms with Gasteiger partial charge in [-0.15, -0.1) is 0 Å². The van der Waals surface area contributed by atoms with E-state index in [0.29, 0.717) is 18.4 Å². The van der Waals surface area contributed by atoms with Gasteiger partial charge in [0.1, 0.15) is 0 Å². The monoisotopic (exact) mass is 287 g/mol. The zero-order chi connectivity index (χ0) is 14.7. The van der Waals surface area contributed by atoms with Crippen LogP contribution in [0.15, 0.2) is 34.9 Å². The summed E-state index contributed by atoms with van der Waals surface area (Å²) in [4.78, 5) is 4.49. The molecule has 1 fully saturated rings. The van der Waals surface area contributed by atoms with E-state index in [4.69, 9.17) is 9.26 Å². The number of rotatable bonds is 5. The number of nitrogens with one attached hydrogen (secondary N) is 1. The Bertz CT molecular complexity index is 570. The van der Waals surface area contributed by atoms with Crippen LogP contribution in [0.3, 0.4) is 0 Å². The van der Waals surface area contributed by atoms with Gasteiger partial charge in [-0.05, 0) is 25.8 Å². The van der Waals surface area contributed by atoms with Gasteiger partial charge in [0.25, 0.3) is 0 Å². The summed E-state index contributed by atoms with van der Waals surface area (Å²) < 4.78 is 10.9. The van der Waals surface area contributed by atoms with Gasteiger partial charge in [-0.2, -0.15) is 4.98 Å². The van der Waals surface area contributed by atoms with Crippen molar-refractivity contribution in [1.82, 2.24) is 15.5 Å². The standard InChI is InChI=1S/C16H21N3O2/c1-11(17-14-8-9-20-12(14)2)16-18-15(19-21-16)10-13-6-4-3-5-7-13/h3-7,11-12,14,17H,8-10H2,1-2H3/t11-,12+,14+/m0/s1. The lowest BCUT2D eigenvalue weighted by molar-refractivity contribution is 0.110. The Hall–Kier alpha value is -1.72. The highest BCUT2D eigenvalue weighted by molar-refractivity contribution is 5.18. The Morgan fingerprint density at radius 3 is 2.86 bits per heavy atom. The molecule has 0 spiro atoms. The van der Waals surface area contributed by atoms with Crippen molar-refractivity contribution in [3.05, 3.63) is 47.6 Å². The molecule has 1 aliphatic rings. The molecule has 112 valence electrons. The van der Waals surface area contributed by atoms with Gasteiger partial charge in [-0.25, -0.2) is 0 Å². The highest BCUT2D eigenvalue weighted by Gasteiger charge is 2.27. The highest BCUT2D eigenvalue weighted by atomic mass is 16.5. The van der Waals surface area contributed by atoms with Gasteiger partial charge in [-0.3, -0.25) is 0 Å². The van der Waals surface area contributed by atoms with Crippen LogP contribution in [0.1, 0.15) is 43.6 Å². The van der Waals surface area contributed by atoms with E-state index < -0.39 is 0 Å². The summed E-state index contributed by atoms with van der Waals surface area (Å²) in [6.45, 7) is 4.95. The van der Waals surface area contributed by atoms with E-state index in [-0.39, 0.29) is 12.1 Å². The summed E-state index contributed by atoms with van der Waals surface area (Å²) in [5, 5.41) is 7.57. The Morgan fingerprint density at radius 2 is 2.14 bits per heavy atom. The van der Waals surface area contributed by atoms with Crippen LogP contribution >= 0.6 is 0 Å². The normalized spacial score (nSPS) is 23.3. The minimum atomic E-state index is 0.0381. The molecule has 3 atom stereocenters. The number of hydrogen-bond donors (Lipinski definition) is 1. The Morgan fingerprint density at radius 1 is 1.33 bits per heavy atom. The fourth-order valence-electron chi connectivity index (χ4n) is 2.64. The zero-order valence-corrected chi connectivity index (χ0v) is 12.5. The molecule has 1 aromatic heterocycles. The molecule has 21 heavy (non-hydrogen) atoms. The van der Waals surface area contributed by atoms with Crippen LogP contribution in [0.4, 0.5) is 0 Å². The van der Waals surface area contributed by atoms with E-state index in [2.05, 4.69) is 34.5 Å². The summed E-state index contributed by atoms with van der Waals surface area (Å²) in [6, 6.07) is 10.6. The van der Waals surface area contributed by atoms with Gasteiger partial charge in [0.05, 0.1) is 12.1 Å². The molecular weight excluding hydrogens is 266 g/mol. The molecule has 5 heteroatoms. The van der Waals surface area contributed by atoms with Crippen LogP contribution in [0, 0.1) is 0 Å². The molecule has 1 aliphatic heterocycles. The van der Waals surface area contributed by atoms with E-state index in [9.17, 15) is 0 Å². The Labute approximate surface area is 124 Å². The van der Waals surface area contributed by atoms with Crippen LogP contribution in [-0.4, -0.2) is 28.9 Å². The molecule has 0 radical (unpaired) electrons. The van der Waals surface area contributed by atoms with Crippen molar-refractivity contribution in [1.29, 1.82) is 0 Å². The summed E-state index contributed by atoms with van der Waals surface area (Å²) in [6.07, 6.45) is 1.95. The minimum absolute atomic E-state index is 0.0381. The van der Waals surface area contributed by atoms with Crippen molar-refractivity contribution in [3.8, 4) is 0 Å². The smallest absolute Gasteiger partial charge is 0.243 e. The quantitative estimate of drug-likeness (QED) is 0.915. The summed E-state index contributed by atoms with van der Waals surface area (Å²) in [7, 11) is 0. The minimum Gasteiger partial charge on any atom is -0.377 e. The molecule has 1 aromatic carbocycles. The Kier molecular flexibility index (Phi) is 4.31. The maximum absolute atomic E-state index is 5.56. The molecule has 0 aliphatic carbocycles. The number of nitrogens with zero attached hydrogens (tertiary/aromatic N) is 2. The summed E-state index contributed by atoms with van der Waals surface area (Å²) in [5.41, 5.74) is 1.18. The van der Waals surface area contributed by atoms with Crippen molar-refractivity contribution in [2.45, 2.75) is 44.9 Å². The topological polar surface area (TPSA) is 60.2 Å². The first-order valence-corrected chi connectivity index (χ1v) is 7.46. The largest absolute Gasteiger partial charge is 0.377 e. The lowest BCUT2D eigenvalue weighted by Gasteiger charge is -2.19. The second-order valence-electron chi connectivity index (χ2n) is 5.57. The van der Waals surface area contributed by atoms with Gasteiger partial charge in [-0.1, -0.05) is 35.5 Å². The molecule has 5 nitrogen and oxygen atoms in total. The third-order valence-electron chi connectivity index (χ3n) is 3.90. The van der Waals surface area contributed by atoms with Crippen LogP contribution in [0.5, 0.6) is 0 Å².